The fraction of sp³-hybridized carbons (Fsp3) is 0.400. The minimum atomic E-state index is -0.530. The summed E-state index contributed by atoms with van der Waals surface area (Å²) in [6.07, 6.45) is 2.79. The fourth-order valence-corrected chi connectivity index (χ4v) is 1.05. The molecule has 0 saturated heterocycles. The van der Waals surface area contributed by atoms with Gasteiger partial charge in [-0.2, -0.15) is 0 Å². The minimum absolute atomic E-state index is 0.421. The molecule has 0 bridgehead atoms. The van der Waals surface area contributed by atoms with Crippen molar-refractivity contribution in [3.05, 3.63) is 24.5 Å². The molecule has 14 heavy (non-hydrogen) atoms. The van der Waals surface area contributed by atoms with Gasteiger partial charge in [-0.3, -0.25) is 0 Å². The first kappa shape index (κ1) is 10.5. The van der Waals surface area contributed by atoms with E-state index in [1.165, 1.54) is 19.3 Å². The summed E-state index contributed by atoms with van der Waals surface area (Å²) >= 11 is 0. The van der Waals surface area contributed by atoms with Crippen LogP contribution >= 0.6 is 0 Å². The minimum Gasteiger partial charge on any atom is -0.466 e. The molecule has 0 radical (unpaired) electrons. The van der Waals surface area contributed by atoms with E-state index >= 15 is 0 Å². The monoisotopic (exact) mass is 195 g/mol. The first-order valence-electron chi connectivity index (χ1n) is 4.20. The van der Waals surface area contributed by atoms with Crippen molar-refractivity contribution in [3.63, 3.8) is 0 Å². The van der Waals surface area contributed by atoms with Gasteiger partial charge in [-0.15, -0.1) is 0 Å². The zero-order valence-corrected chi connectivity index (χ0v) is 8.53. The maximum atomic E-state index is 11.0. The smallest absolute Gasteiger partial charge is 0.333 e. The molecule has 1 aliphatic rings. The van der Waals surface area contributed by atoms with Crippen LogP contribution in [0.2, 0.25) is 0 Å². The van der Waals surface area contributed by atoms with Crippen LogP contribution in [-0.2, 0) is 14.3 Å². The van der Waals surface area contributed by atoms with Crippen molar-refractivity contribution in [2.45, 2.75) is 19.4 Å². The molecular weight excluding hydrogens is 182 g/mol. The number of nitrogens with zero attached hydrogens (tertiary/aromatic N) is 1. The van der Waals surface area contributed by atoms with Gasteiger partial charge in [0.25, 0.3) is 0 Å². The van der Waals surface area contributed by atoms with Gasteiger partial charge in [0.2, 0.25) is 5.90 Å². The summed E-state index contributed by atoms with van der Waals surface area (Å²) in [5.74, 6) is 0.443. The highest BCUT2D eigenvalue weighted by atomic mass is 16.5. The molecule has 0 aromatic rings. The number of esters is 1. The third-order valence-electron chi connectivity index (χ3n) is 1.83. The summed E-state index contributed by atoms with van der Waals surface area (Å²) in [6, 6.07) is 0. The van der Waals surface area contributed by atoms with Gasteiger partial charge in [-0.05, 0) is 19.9 Å². The summed E-state index contributed by atoms with van der Waals surface area (Å²) in [4.78, 5) is 15.2. The van der Waals surface area contributed by atoms with Crippen molar-refractivity contribution >= 4 is 11.9 Å². The zero-order valence-electron chi connectivity index (χ0n) is 8.53. The van der Waals surface area contributed by atoms with Crippen LogP contribution in [0.25, 0.3) is 0 Å². The molecule has 0 atom stereocenters. The van der Waals surface area contributed by atoms with Crippen molar-refractivity contribution in [1.82, 2.24) is 0 Å². The lowest BCUT2D eigenvalue weighted by Gasteiger charge is -2.13. The number of aliphatic imine (C=N–C) groups is 1. The largest absolute Gasteiger partial charge is 0.466 e. The topological polar surface area (TPSA) is 47.9 Å². The molecule has 0 aromatic carbocycles. The highest BCUT2D eigenvalue weighted by molar-refractivity contribution is 5.92. The van der Waals surface area contributed by atoms with Gasteiger partial charge in [0.1, 0.15) is 11.3 Å². The Morgan fingerprint density at radius 3 is 2.71 bits per heavy atom. The standard InChI is InChI=1S/C10H13NO3/c1-5-8-11-10(2,3)7(14-8)6-9(12)13-4/h5-6H,1H2,2-4H3/b7-6+. The van der Waals surface area contributed by atoms with E-state index in [-0.39, 0.29) is 0 Å². The second-order valence-corrected chi connectivity index (χ2v) is 3.35. The summed E-state index contributed by atoms with van der Waals surface area (Å²) in [6.45, 7) is 7.23. The average molecular weight is 195 g/mol. The molecule has 4 heteroatoms. The third kappa shape index (κ3) is 2.02. The molecule has 0 spiro atoms. The lowest BCUT2D eigenvalue weighted by atomic mass is 10.0. The van der Waals surface area contributed by atoms with Gasteiger partial charge >= 0.3 is 5.97 Å². The van der Waals surface area contributed by atoms with Crippen LogP contribution in [0.1, 0.15) is 13.8 Å². The molecule has 0 saturated carbocycles. The molecule has 0 amide bonds. The fourth-order valence-electron chi connectivity index (χ4n) is 1.05. The van der Waals surface area contributed by atoms with Crippen molar-refractivity contribution in [3.8, 4) is 0 Å². The second-order valence-electron chi connectivity index (χ2n) is 3.35. The number of ether oxygens (including phenoxy) is 2. The molecule has 0 unspecified atom stereocenters. The van der Waals surface area contributed by atoms with Crippen LogP contribution in [0, 0.1) is 0 Å². The summed E-state index contributed by atoms with van der Waals surface area (Å²) in [7, 11) is 1.32. The van der Waals surface area contributed by atoms with Crippen molar-refractivity contribution in [2.24, 2.45) is 4.99 Å². The van der Waals surface area contributed by atoms with Crippen LogP contribution in [0.15, 0.2) is 29.5 Å². The molecule has 0 N–H and O–H groups in total. The average Bonchev–Trinajstić information content (AvgIpc) is 2.41. The Hall–Kier alpha value is -1.58. The lowest BCUT2D eigenvalue weighted by Crippen LogP contribution is -2.17. The van der Waals surface area contributed by atoms with Crippen LogP contribution in [-0.4, -0.2) is 24.5 Å². The Morgan fingerprint density at radius 2 is 2.29 bits per heavy atom. The van der Waals surface area contributed by atoms with E-state index in [0.29, 0.717) is 11.7 Å². The van der Waals surface area contributed by atoms with E-state index < -0.39 is 11.5 Å². The van der Waals surface area contributed by atoms with Crippen molar-refractivity contribution in [2.75, 3.05) is 7.11 Å². The summed E-state index contributed by atoms with van der Waals surface area (Å²) in [5, 5.41) is 0. The Bertz CT molecular complexity index is 326. The molecule has 1 rings (SSSR count). The second kappa shape index (κ2) is 3.65. The number of hydrogen-bond donors (Lipinski definition) is 0. The molecule has 76 valence electrons. The normalized spacial score (nSPS) is 21.4. The Balaban J connectivity index is 2.91. The van der Waals surface area contributed by atoms with Gasteiger partial charge in [-0.1, -0.05) is 6.58 Å². The Morgan fingerprint density at radius 1 is 1.64 bits per heavy atom. The lowest BCUT2D eigenvalue weighted by molar-refractivity contribution is -0.135. The number of carbonyl (C=O) groups is 1. The van der Waals surface area contributed by atoms with Gasteiger partial charge in [0, 0.05) is 0 Å². The van der Waals surface area contributed by atoms with Crippen LogP contribution in [0.4, 0.5) is 0 Å². The molecule has 0 aromatic heterocycles. The van der Waals surface area contributed by atoms with E-state index in [1.54, 1.807) is 0 Å². The highest BCUT2D eigenvalue weighted by Crippen LogP contribution is 2.28. The molecular formula is C10H13NO3. The first-order chi connectivity index (χ1) is 6.49. The summed E-state index contributed by atoms with van der Waals surface area (Å²) in [5.41, 5.74) is -0.530. The van der Waals surface area contributed by atoms with E-state index in [4.69, 9.17) is 4.74 Å². The number of hydrogen-bond acceptors (Lipinski definition) is 4. The molecule has 0 aliphatic carbocycles. The van der Waals surface area contributed by atoms with Crippen molar-refractivity contribution in [1.29, 1.82) is 0 Å². The van der Waals surface area contributed by atoms with Crippen LogP contribution in [0.5, 0.6) is 0 Å². The van der Waals surface area contributed by atoms with Crippen LogP contribution < -0.4 is 0 Å². The van der Waals surface area contributed by atoms with Gasteiger partial charge < -0.3 is 9.47 Å². The molecule has 0 fully saturated rings. The quantitative estimate of drug-likeness (QED) is 0.494. The van der Waals surface area contributed by atoms with Gasteiger partial charge in [0.05, 0.1) is 13.2 Å². The summed E-state index contributed by atoms with van der Waals surface area (Å²) < 4.78 is 9.79. The number of rotatable bonds is 2. The maximum Gasteiger partial charge on any atom is 0.333 e. The number of methoxy groups -OCH3 is 1. The van der Waals surface area contributed by atoms with Crippen molar-refractivity contribution < 1.29 is 14.3 Å². The van der Waals surface area contributed by atoms with E-state index in [1.807, 2.05) is 13.8 Å². The molecule has 1 aliphatic heterocycles. The van der Waals surface area contributed by atoms with Gasteiger partial charge in [-0.25, -0.2) is 9.79 Å². The maximum absolute atomic E-state index is 11.0. The molecule has 4 nitrogen and oxygen atoms in total. The predicted octanol–water partition coefficient (Wildman–Crippen LogP) is 1.44. The van der Waals surface area contributed by atoms with Crippen LogP contribution in [0.3, 0.4) is 0 Å². The third-order valence-corrected chi connectivity index (χ3v) is 1.83. The Labute approximate surface area is 82.9 Å². The van der Waals surface area contributed by atoms with E-state index in [2.05, 4.69) is 16.3 Å². The SMILES string of the molecule is C=CC1=NC(C)(C)/C(=C\C(=O)OC)O1. The zero-order chi connectivity index (χ0) is 10.8. The highest BCUT2D eigenvalue weighted by Gasteiger charge is 2.32. The predicted molar refractivity (Wildman–Crippen MR) is 52.9 cm³/mol. The van der Waals surface area contributed by atoms with Gasteiger partial charge in [0.15, 0.2) is 0 Å². The molecule has 1 heterocycles. The first-order valence-corrected chi connectivity index (χ1v) is 4.20. The Kier molecular flexibility index (Phi) is 2.74. The van der Waals surface area contributed by atoms with E-state index in [0.717, 1.165) is 0 Å². The number of carbonyl (C=O) groups excluding carboxylic acids is 1. The van der Waals surface area contributed by atoms with E-state index in [9.17, 15) is 4.79 Å².